The monoisotopic (exact) mass is 430 g/mol. The molecule has 6 heteroatoms. The number of hydrogen-bond acceptors (Lipinski definition) is 5. The third-order valence-electron chi connectivity index (χ3n) is 5.85. The quantitative estimate of drug-likeness (QED) is 0.429. The van der Waals surface area contributed by atoms with Gasteiger partial charge >= 0.3 is 7.12 Å². The molecule has 0 N–H and O–H groups in total. The van der Waals surface area contributed by atoms with E-state index in [-0.39, 0.29) is 18.3 Å². The molecule has 28 heavy (non-hydrogen) atoms. The van der Waals surface area contributed by atoms with Gasteiger partial charge < -0.3 is 9.31 Å². The van der Waals surface area contributed by atoms with Gasteiger partial charge in [-0.1, -0.05) is 0 Å². The van der Waals surface area contributed by atoms with E-state index in [1.807, 2.05) is 34.0 Å². The van der Waals surface area contributed by atoms with Gasteiger partial charge in [-0.25, -0.2) is 0 Å². The van der Waals surface area contributed by atoms with Gasteiger partial charge in [-0.2, -0.15) is 0 Å². The van der Waals surface area contributed by atoms with Crippen LogP contribution in [-0.2, 0) is 9.31 Å². The fourth-order valence-electron chi connectivity index (χ4n) is 3.64. The average molecular weight is 430 g/mol. The summed E-state index contributed by atoms with van der Waals surface area (Å²) in [4.78, 5) is 6.75. The van der Waals surface area contributed by atoms with Gasteiger partial charge in [-0.05, 0) is 79.2 Å². The van der Waals surface area contributed by atoms with Crippen LogP contribution in [0.25, 0.3) is 21.6 Å². The van der Waals surface area contributed by atoms with Gasteiger partial charge in [0.2, 0.25) is 0 Å². The average Bonchev–Trinajstić information content (AvgIpc) is 3.26. The Morgan fingerprint density at radius 2 is 1.18 bits per heavy atom. The predicted molar refractivity (Wildman–Crippen MR) is 126 cm³/mol. The minimum atomic E-state index is -0.328. The van der Waals surface area contributed by atoms with Crippen molar-refractivity contribution in [2.45, 2.75) is 66.6 Å². The first kappa shape index (κ1) is 20.4. The smallest absolute Gasteiger partial charge is 0.399 e. The first-order valence-corrected chi connectivity index (χ1v) is 12.1. The maximum Gasteiger partial charge on any atom is 0.505 e. The van der Waals surface area contributed by atoms with E-state index in [1.165, 1.54) is 41.1 Å². The molecule has 1 aliphatic rings. The summed E-state index contributed by atoms with van der Waals surface area (Å²) in [6, 6.07) is 6.93. The molecular weight excluding hydrogens is 403 g/mol. The molecule has 0 unspecified atom stereocenters. The highest BCUT2D eigenvalue weighted by atomic mass is 32.1. The summed E-state index contributed by atoms with van der Waals surface area (Å²) < 4.78 is 13.9. The van der Waals surface area contributed by atoms with Gasteiger partial charge in [-0.15, -0.1) is 34.0 Å². The molecule has 0 amide bonds. The van der Waals surface area contributed by atoms with Crippen molar-refractivity contribution in [1.82, 2.24) is 0 Å². The third kappa shape index (κ3) is 3.33. The van der Waals surface area contributed by atoms with Gasteiger partial charge in [0.15, 0.2) is 0 Å². The molecule has 0 aliphatic carbocycles. The van der Waals surface area contributed by atoms with Crippen molar-refractivity contribution >= 4 is 45.9 Å². The van der Waals surface area contributed by atoms with Crippen LogP contribution in [0.5, 0.6) is 0 Å². The Morgan fingerprint density at radius 3 is 1.64 bits per heavy atom. The molecular formula is C22H27BO2S3. The predicted octanol–water partition coefficient (Wildman–Crippen LogP) is 6.74. The number of thiophene rings is 3. The lowest BCUT2D eigenvalue weighted by atomic mass is 9.86. The molecule has 4 rings (SSSR count). The zero-order valence-corrected chi connectivity index (χ0v) is 20.3. The topological polar surface area (TPSA) is 18.5 Å². The van der Waals surface area contributed by atoms with Crippen LogP contribution < -0.4 is 4.78 Å². The van der Waals surface area contributed by atoms with Crippen LogP contribution in [0.4, 0.5) is 0 Å². The minimum Gasteiger partial charge on any atom is -0.399 e. The highest BCUT2D eigenvalue weighted by molar-refractivity contribution is 7.26. The van der Waals surface area contributed by atoms with E-state index in [0.717, 1.165) is 4.78 Å². The Labute approximate surface area is 180 Å². The fourth-order valence-corrected chi connectivity index (χ4v) is 6.78. The summed E-state index contributed by atoms with van der Waals surface area (Å²) in [5, 5.41) is 0. The van der Waals surface area contributed by atoms with E-state index < -0.39 is 0 Å². The summed E-state index contributed by atoms with van der Waals surface area (Å²) in [5.74, 6) is 0. The zero-order chi connectivity index (χ0) is 20.4. The lowest BCUT2D eigenvalue weighted by molar-refractivity contribution is 0.00578. The van der Waals surface area contributed by atoms with Crippen LogP contribution in [-0.4, -0.2) is 18.3 Å². The van der Waals surface area contributed by atoms with Crippen LogP contribution in [0.1, 0.15) is 47.2 Å². The molecule has 0 spiro atoms. The maximum atomic E-state index is 6.35. The third-order valence-corrected chi connectivity index (χ3v) is 8.98. The van der Waals surface area contributed by atoms with Crippen molar-refractivity contribution in [2.75, 3.05) is 0 Å². The molecule has 4 heterocycles. The van der Waals surface area contributed by atoms with Crippen LogP contribution >= 0.6 is 34.0 Å². The number of hydrogen-bond donors (Lipinski definition) is 0. The highest BCUT2D eigenvalue weighted by Gasteiger charge is 2.52. The molecule has 0 bridgehead atoms. The second kappa shape index (κ2) is 6.81. The molecule has 148 valence electrons. The Balaban J connectivity index is 1.86. The molecule has 1 aliphatic heterocycles. The van der Waals surface area contributed by atoms with Crippen LogP contribution in [0, 0.1) is 27.7 Å². The fraction of sp³-hybridized carbons (Fsp3) is 0.455. The van der Waals surface area contributed by atoms with E-state index in [0.29, 0.717) is 0 Å². The van der Waals surface area contributed by atoms with Crippen molar-refractivity contribution < 1.29 is 9.31 Å². The van der Waals surface area contributed by atoms with Gasteiger partial charge in [0.25, 0.3) is 0 Å². The van der Waals surface area contributed by atoms with Crippen LogP contribution in [0.3, 0.4) is 0 Å². The second-order valence-electron chi connectivity index (χ2n) is 8.63. The van der Waals surface area contributed by atoms with Crippen molar-refractivity contribution in [1.29, 1.82) is 0 Å². The molecule has 1 saturated heterocycles. The molecule has 0 saturated carbocycles. The van der Waals surface area contributed by atoms with E-state index in [1.54, 1.807) is 0 Å². The summed E-state index contributed by atoms with van der Waals surface area (Å²) in [6.45, 7) is 17.3. The Bertz CT molecular complexity index is 959. The Kier molecular flexibility index (Phi) is 4.95. The van der Waals surface area contributed by atoms with Gasteiger partial charge in [-0.3, -0.25) is 0 Å². The molecule has 3 aromatic heterocycles. The number of aryl methyl sites for hydroxylation is 4. The lowest BCUT2D eigenvalue weighted by Gasteiger charge is -2.32. The summed E-state index contributed by atoms with van der Waals surface area (Å²) >= 11 is 5.54. The van der Waals surface area contributed by atoms with Crippen molar-refractivity contribution in [2.24, 2.45) is 0 Å². The second-order valence-corrected chi connectivity index (χ2v) is 12.6. The van der Waals surface area contributed by atoms with E-state index in [4.69, 9.17) is 9.31 Å². The number of rotatable bonds is 3. The molecule has 0 radical (unpaired) electrons. The van der Waals surface area contributed by atoms with E-state index >= 15 is 0 Å². The van der Waals surface area contributed by atoms with Gasteiger partial charge in [0.05, 0.1) is 11.2 Å². The lowest BCUT2D eigenvalue weighted by Crippen LogP contribution is -2.41. The standard InChI is InChI=1S/C22H27BO2S3/c1-12-9-16(14(3)26-12)18-11-19(23-24-21(5,6)22(7,8)25-23)28-20(18)17-10-13(2)27-15(17)4/h9-11H,1-8H3. The van der Waals surface area contributed by atoms with Crippen molar-refractivity contribution in [3.8, 4) is 21.6 Å². The Hall–Kier alpha value is -0.915. The van der Waals surface area contributed by atoms with Crippen LogP contribution in [0.2, 0.25) is 0 Å². The minimum absolute atomic E-state index is 0.317. The summed E-state index contributed by atoms with van der Waals surface area (Å²) in [5.41, 5.74) is 3.32. The summed E-state index contributed by atoms with van der Waals surface area (Å²) in [7, 11) is -0.317. The first-order valence-electron chi connectivity index (χ1n) is 9.63. The SMILES string of the molecule is Cc1cc(-c2cc(B3OC(C)(C)C(C)(C)O3)sc2-c2cc(C)sc2C)c(C)s1. The molecule has 0 aromatic carbocycles. The van der Waals surface area contributed by atoms with Crippen LogP contribution in [0.15, 0.2) is 18.2 Å². The highest BCUT2D eigenvalue weighted by Crippen LogP contribution is 2.44. The van der Waals surface area contributed by atoms with E-state index in [9.17, 15) is 0 Å². The maximum absolute atomic E-state index is 6.35. The normalized spacial score (nSPS) is 18.2. The van der Waals surface area contributed by atoms with Gasteiger partial charge in [0, 0.05) is 40.3 Å². The van der Waals surface area contributed by atoms with E-state index in [2.05, 4.69) is 73.6 Å². The molecule has 0 atom stereocenters. The van der Waals surface area contributed by atoms with Crippen molar-refractivity contribution in [3.05, 3.63) is 37.7 Å². The summed E-state index contributed by atoms with van der Waals surface area (Å²) in [6.07, 6.45) is 0. The van der Waals surface area contributed by atoms with Gasteiger partial charge in [0.1, 0.15) is 0 Å². The Morgan fingerprint density at radius 1 is 0.679 bits per heavy atom. The first-order chi connectivity index (χ1) is 13.0. The molecule has 2 nitrogen and oxygen atoms in total. The molecule has 3 aromatic rings. The zero-order valence-electron chi connectivity index (χ0n) is 17.9. The van der Waals surface area contributed by atoms with Crippen molar-refractivity contribution in [3.63, 3.8) is 0 Å². The molecule has 1 fully saturated rings. The largest absolute Gasteiger partial charge is 0.505 e.